The molecule has 3 aromatic rings. The van der Waals surface area contributed by atoms with Crippen molar-refractivity contribution >= 4 is 5.91 Å². The molecule has 0 aliphatic rings. The highest BCUT2D eigenvalue weighted by Crippen LogP contribution is 2.26. The zero-order valence-electron chi connectivity index (χ0n) is 18.0. The van der Waals surface area contributed by atoms with Crippen molar-refractivity contribution in [3.8, 4) is 11.5 Å². The zero-order valence-corrected chi connectivity index (χ0v) is 18.0. The number of carbonyl (C=O) groups excluding carboxylic acids is 1. The maximum absolute atomic E-state index is 12.9. The van der Waals surface area contributed by atoms with Crippen molar-refractivity contribution in [2.45, 2.75) is 45.6 Å². The Bertz CT molecular complexity index is 960. The third-order valence-electron chi connectivity index (χ3n) is 4.96. The third kappa shape index (κ3) is 5.13. The molecule has 1 heterocycles. The Morgan fingerprint density at radius 2 is 1.73 bits per heavy atom. The summed E-state index contributed by atoms with van der Waals surface area (Å²) in [7, 11) is 0. The van der Waals surface area contributed by atoms with Crippen molar-refractivity contribution in [2.75, 3.05) is 13.1 Å². The fourth-order valence-corrected chi connectivity index (χ4v) is 3.49. The van der Waals surface area contributed by atoms with Crippen molar-refractivity contribution in [1.82, 2.24) is 15.1 Å². The maximum atomic E-state index is 12.9. The van der Waals surface area contributed by atoms with Gasteiger partial charge in [0.25, 0.3) is 5.91 Å². The van der Waals surface area contributed by atoms with Gasteiger partial charge in [-0.15, -0.1) is 10.2 Å². The minimum Gasteiger partial charge on any atom is -0.419 e. The van der Waals surface area contributed by atoms with Gasteiger partial charge < -0.3 is 15.1 Å². The van der Waals surface area contributed by atoms with Crippen molar-refractivity contribution < 1.29 is 9.21 Å². The Hall–Kier alpha value is -2.99. The van der Waals surface area contributed by atoms with E-state index < -0.39 is 5.54 Å². The second kappa shape index (κ2) is 9.67. The summed E-state index contributed by atoms with van der Waals surface area (Å²) in [6.07, 6.45) is 2.43. The normalized spacial score (nSPS) is 13.1. The lowest BCUT2D eigenvalue weighted by Gasteiger charge is -2.21. The topological polar surface area (TPSA) is 85.2 Å². The van der Waals surface area contributed by atoms with E-state index in [0.29, 0.717) is 29.3 Å². The highest BCUT2D eigenvalue weighted by Gasteiger charge is 2.29. The molecule has 1 aromatic heterocycles. The van der Waals surface area contributed by atoms with Crippen molar-refractivity contribution in [1.29, 1.82) is 0 Å². The standard InChI is InChI=1S/C24H30N4O2/c1-4-14-28(15-5-2)22(29)20-13-9-12-19(16-20)21-26-27-23(30-21)24(3,25)17-18-10-7-6-8-11-18/h6-13,16H,4-5,14-15,17,25H2,1-3H3/t24-/m1/s1. The van der Waals surface area contributed by atoms with Crippen molar-refractivity contribution in [2.24, 2.45) is 5.73 Å². The van der Waals surface area contributed by atoms with E-state index in [4.69, 9.17) is 10.2 Å². The molecule has 1 amide bonds. The second-order valence-corrected chi connectivity index (χ2v) is 7.87. The van der Waals surface area contributed by atoms with Crippen LogP contribution in [0.3, 0.4) is 0 Å². The number of carbonyl (C=O) groups is 1. The van der Waals surface area contributed by atoms with Crippen LogP contribution in [-0.2, 0) is 12.0 Å². The van der Waals surface area contributed by atoms with Crippen LogP contribution in [0.4, 0.5) is 0 Å². The van der Waals surface area contributed by atoms with Crippen LogP contribution in [-0.4, -0.2) is 34.1 Å². The molecule has 0 spiro atoms. The molecule has 3 rings (SSSR count). The zero-order chi connectivity index (χ0) is 21.6. The van der Waals surface area contributed by atoms with Gasteiger partial charge in [-0.2, -0.15) is 0 Å². The Morgan fingerprint density at radius 1 is 1.03 bits per heavy atom. The summed E-state index contributed by atoms with van der Waals surface area (Å²) in [6, 6.07) is 17.3. The van der Waals surface area contributed by atoms with E-state index in [1.807, 2.05) is 66.4 Å². The summed E-state index contributed by atoms with van der Waals surface area (Å²) in [5, 5.41) is 8.38. The molecule has 0 aliphatic heterocycles. The number of hydrogen-bond acceptors (Lipinski definition) is 5. The maximum Gasteiger partial charge on any atom is 0.253 e. The molecule has 158 valence electrons. The lowest BCUT2D eigenvalue weighted by molar-refractivity contribution is 0.0755. The van der Waals surface area contributed by atoms with Crippen molar-refractivity contribution in [3.05, 3.63) is 71.6 Å². The van der Waals surface area contributed by atoms with E-state index >= 15 is 0 Å². The minimum absolute atomic E-state index is 0.0213. The molecule has 1 atom stereocenters. The molecule has 2 N–H and O–H groups in total. The Kier molecular flexibility index (Phi) is 7.00. The number of amides is 1. The van der Waals surface area contributed by atoms with Gasteiger partial charge >= 0.3 is 0 Å². The SMILES string of the molecule is CCCN(CCC)C(=O)c1cccc(-c2nnc([C@](C)(N)Cc3ccccc3)o2)c1. The fourth-order valence-electron chi connectivity index (χ4n) is 3.49. The first-order chi connectivity index (χ1) is 14.4. The van der Waals surface area contributed by atoms with E-state index in [1.54, 1.807) is 0 Å². The highest BCUT2D eigenvalue weighted by molar-refractivity contribution is 5.95. The van der Waals surface area contributed by atoms with Crippen LogP contribution in [0.2, 0.25) is 0 Å². The van der Waals surface area contributed by atoms with E-state index in [2.05, 4.69) is 24.0 Å². The summed E-state index contributed by atoms with van der Waals surface area (Å²) in [5.74, 6) is 0.756. The van der Waals surface area contributed by atoms with Gasteiger partial charge in [0.1, 0.15) is 0 Å². The average molecular weight is 407 g/mol. The number of hydrogen-bond donors (Lipinski definition) is 1. The summed E-state index contributed by atoms with van der Waals surface area (Å²) in [5.41, 5.74) is 8.13. The summed E-state index contributed by atoms with van der Waals surface area (Å²) < 4.78 is 5.92. The second-order valence-electron chi connectivity index (χ2n) is 7.87. The summed E-state index contributed by atoms with van der Waals surface area (Å²) in [4.78, 5) is 14.8. The number of aromatic nitrogens is 2. The first kappa shape index (κ1) is 21.7. The van der Waals surface area contributed by atoms with Gasteiger partial charge in [0, 0.05) is 24.2 Å². The molecule has 0 saturated carbocycles. The number of benzene rings is 2. The minimum atomic E-state index is -0.793. The summed E-state index contributed by atoms with van der Waals surface area (Å²) in [6.45, 7) is 7.51. The largest absolute Gasteiger partial charge is 0.419 e. The Morgan fingerprint density at radius 3 is 2.40 bits per heavy atom. The first-order valence-corrected chi connectivity index (χ1v) is 10.5. The lowest BCUT2D eigenvalue weighted by atomic mass is 9.94. The number of nitrogens with zero attached hydrogens (tertiary/aromatic N) is 3. The monoisotopic (exact) mass is 406 g/mol. The van der Waals surface area contributed by atoms with Crippen LogP contribution >= 0.6 is 0 Å². The van der Waals surface area contributed by atoms with Gasteiger partial charge in [0.2, 0.25) is 11.8 Å². The molecule has 6 nitrogen and oxygen atoms in total. The van der Waals surface area contributed by atoms with E-state index in [0.717, 1.165) is 31.5 Å². The van der Waals surface area contributed by atoms with Gasteiger partial charge in [0.05, 0.1) is 5.54 Å². The van der Waals surface area contributed by atoms with Gasteiger partial charge in [-0.1, -0.05) is 50.2 Å². The van der Waals surface area contributed by atoms with Crippen LogP contribution < -0.4 is 5.73 Å². The smallest absolute Gasteiger partial charge is 0.253 e. The first-order valence-electron chi connectivity index (χ1n) is 10.5. The molecule has 0 radical (unpaired) electrons. The lowest BCUT2D eigenvalue weighted by Crippen LogP contribution is -2.35. The average Bonchev–Trinajstić information content (AvgIpc) is 3.25. The Balaban J connectivity index is 1.81. The molecule has 0 aliphatic carbocycles. The van der Waals surface area contributed by atoms with Gasteiger partial charge in [-0.05, 0) is 49.9 Å². The molecule has 2 aromatic carbocycles. The Labute approximate surface area is 178 Å². The van der Waals surface area contributed by atoms with Crippen LogP contribution in [0.25, 0.3) is 11.5 Å². The number of nitrogens with two attached hydrogens (primary N) is 1. The van der Waals surface area contributed by atoms with Crippen LogP contribution in [0, 0.1) is 0 Å². The fraction of sp³-hybridized carbons (Fsp3) is 0.375. The predicted molar refractivity (Wildman–Crippen MR) is 118 cm³/mol. The van der Waals surface area contributed by atoms with E-state index in [-0.39, 0.29) is 5.91 Å². The molecule has 0 bridgehead atoms. The van der Waals surface area contributed by atoms with Gasteiger partial charge in [-0.25, -0.2) is 0 Å². The number of rotatable bonds is 9. The molecule has 30 heavy (non-hydrogen) atoms. The summed E-state index contributed by atoms with van der Waals surface area (Å²) >= 11 is 0. The van der Waals surface area contributed by atoms with Crippen LogP contribution in [0.5, 0.6) is 0 Å². The molecule has 0 fully saturated rings. The van der Waals surface area contributed by atoms with Crippen LogP contribution in [0.15, 0.2) is 59.0 Å². The third-order valence-corrected chi connectivity index (χ3v) is 4.96. The molecule has 0 unspecified atom stereocenters. The van der Waals surface area contributed by atoms with Crippen LogP contribution in [0.1, 0.15) is 55.4 Å². The highest BCUT2D eigenvalue weighted by atomic mass is 16.4. The molecule has 6 heteroatoms. The van der Waals surface area contributed by atoms with Crippen molar-refractivity contribution in [3.63, 3.8) is 0 Å². The molecular weight excluding hydrogens is 376 g/mol. The van der Waals surface area contributed by atoms with E-state index in [9.17, 15) is 4.79 Å². The predicted octanol–water partition coefficient (Wildman–Crippen LogP) is 4.42. The van der Waals surface area contributed by atoms with E-state index in [1.165, 1.54) is 0 Å². The molecular formula is C24H30N4O2. The molecule has 0 saturated heterocycles. The quantitative estimate of drug-likeness (QED) is 0.569. The van der Waals surface area contributed by atoms with Gasteiger partial charge in [0.15, 0.2) is 0 Å². The van der Waals surface area contributed by atoms with Gasteiger partial charge in [-0.3, -0.25) is 4.79 Å².